The molecule has 0 radical (unpaired) electrons. The summed E-state index contributed by atoms with van der Waals surface area (Å²) in [7, 11) is 2.05. The highest BCUT2D eigenvalue weighted by Gasteiger charge is 2.29. The first-order chi connectivity index (χ1) is 8.56. The van der Waals surface area contributed by atoms with Gasteiger partial charge in [0.05, 0.1) is 12.7 Å². The predicted octanol–water partition coefficient (Wildman–Crippen LogP) is -0.946. The van der Waals surface area contributed by atoms with Gasteiger partial charge < -0.3 is 19.9 Å². The van der Waals surface area contributed by atoms with Crippen molar-refractivity contribution >= 4 is 11.8 Å². The number of morpholine rings is 1. The van der Waals surface area contributed by atoms with Crippen LogP contribution in [0.3, 0.4) is 0 Å². The topological polar surface area (TPSA) is 61.9 Å². The Balaban J connectivity index is 1.94. The van der Waals surface area contributed by atoms with Crippen LogP contribution in [0.5, 0.6) is 0 Å². The highest BCUT2D eigenvalue weighted by atomic mass is 16.5. The molecule has 2 rings (SSSR count). The number of nitrogens with zero attached hydrogens (tertiary/aromatic N) is 2. The van der Waals surface area contributed by atoms with Gasteiger partial charge in [0.2, 0.25) is 11.8 Å². The van der Waals surface area contributed by atoms with Gasteiger partial charge in [-0.25, -0.2) is 0 Å². The number of amides is 2. The van der Waals surface area contributed by atoms with E-state index in [2.05, 4.69) is 10.2 Å². The summed E-state index contributed by atoms with van der Waals surface area (Å²) < 4.78 is 5.66. The minimum atomic E-state index is -0.429. The third-order valence-corrected chi connectivity index (χ3v) is 3.43. The maximum absolute atomic E-state index is 12.1. The normalized spacial score (nSPS) is 31.1. The lowest BCUT2D eigenvalue weighted by molar-refractivity contribution is -0.135. The number of carbonyl (C=O) groups is 2. The Morgan fingerprint density at radius 1 is 1.39 bits per heavy atom. The number of ether oxygens (including phenoxy) is 1. The Morgan fingerprint density at radius 2 is 2.17 bits per heavy atom. The fraction of sp³-hybridized carbons (Fsp3) is 0.833. The molecule has 102 valence electrons. The number of hydrogen-bond acceptors (Lipinski definition) is 4. The van der Waals surface area contributed by atoms with E-state index in [1.165, 1.54) is 0 Å². The second kappa shape index (κ2) is 5.67. The van der Waals surface area contributed by atoms with E-state index in [-0.39, 0.29) is 17.9 Å². The summed E-state index contributed by atoms with van der Waals surface area (Å²) in [5.41, 5.74) is 0. The van der Waals surface area contributed by atoms with Crippen molar-refractivity contribution in [1.29, 1.82) is 0 Å². The molecule has 2 aliphatic rings. The summed E-state index contributed by atoms with van der Waals surface area (Å²) in [5, 5.41) is 2.69. The average molecular weight is 255 g/mol. The van der Waals surface area contributed by atoms with Crippen molar-refractivity contribution < 1.29 is 14.3 Å². The predicted molar refractivity (Wildman–Crippen MR) is 66.0 cm³/mol. The summed E-state index contributed by atoms with van der Waals surface area (Å²) in [6.45, 7) is 5.25. The minimum absolute atomic E-state index is 0.0160. The van der Waals surface area contributed by atoms with E-state index in [0.717, 1.165) is 13.1 Å². The number of hydrogen-bond donors (Lipinski definition) is 1. The first kappa shape index (κ1) is 13.3. The van der Waals surface area contributed by atoms with Crippen LogP contribution in [0.15, 0.2) is 0 Å². The number of nitrogens with one attached hydrogen (secondary N) is 1. The number of rotatable bonds is 2. The van der Waals surface area contributed by atoms with E-state index >= 15 is 0 Å². The molecule has 1 N–H and O–H groups in total. The second-order valence-electron chi connectivity index (χ2n) is 5.08. The first-order valence-corrected chi connectivity index (χ1v) is 6.44. The van der Waals surface area contributed by atoms with Gasteiger partial charge in [0, 0.05) is 32.6 Å². The molecule has 2 amide bonds. The second-order valence-corrected chi connectivity index (χ2v) is 5.08. The van der Waals surface area contributed by atoms with E-state index in [4.69, 9.17) is 4.74 Å². The zero-order valence-corrected chi connectivity index (χ0v) is 11.0. The van der Waals surface area contributed by atoms with Gasteiger partial charge in [-0.3, -0.25) is 9.59 Å². The van der Waals surface area contributed by atoms with Crippen LogP contribution >= 0.6 is 0 Å². The molecule has 0 spiro atoms. The quantitative estimate of drug-likeness (QED) is 0.691. The summed E-state index contributed by atoms with van der Waals surface area (Å²) >= 11 is 0. The largest absolute Gasteiger partial charge is 0.374 e. The molecule has 0 saturated carbocycles. The van der Waals surface area contributed by atoms with Gasteiger partial charge in [-0.15, -0.1) is 0 Å². The van der Waals surface area contributed by atoms with Crippen molar-refractivity contribution in [2.45, 2.75) is 25.5 Å². The molecule has 6 nitrogen and oxygen atoms in total. The standard InChI is InChI=1S/C12H21N3O3/c1-9-12(17)15(4-3-11(16)13-9)8-10-7-14(2)5-6-18-10/h9-10H,3-8H2,1-2H3,(H,13,16). The minimum Gasteiger partial charge on any atom is -0.374 e. The maximum Gasteiger partial charge on any atom is 0.244 e. The monoisotopic (exact) mass is 255 g/mol. The fourth-order valence-electron chi connectivity index (χ4n) is 2.40. The van der Waals surface area contributed by atoms with Crippen LogP contribution in [0, 0.1) is 0 Å². The average Bonchev–Trinajstić information content (AvgIpc) is 2.43. The van der Waals surface area contributed by atoms with Crippen molar-refractivity contribution in [3.05, 3.63) is 0 Å². The van der Waals surface area contributed by atoms with Crippen LogP contribution in [0.2, 0.25) is 0 Å². The Bertz CT molecular complexity index is 335. The van der Waals surface area contributed by atoms with E-state index in [9.17, 15) is 9.59 Å². The molecule has 6 heteroatoms. The van der Waals surface area contributed by atoms with E-state index in [1.807, 2.05) is 7.05 Å². The third kappa shape index (κ3) is 3.20. The maximum atomic E-state index is 12.1. The van der Waals surface area contributed by atoms with Gasteiger partial charge >= 0.3 is 0 Å². The molecule has 0 aliphatic carbocycles. The summed E-state index contributed by atoms with van der Waals surface area (Å²) in [6.07, 6.45) is 0.423. The fourth-order valence-corrected chi connectivity index (χ4v) is 2.40. The van der Waals surface area contributed by atoms with Crippen molar-refractivity contribution in [2.75, 3.05) is 39.8 Å². The van der Waals surface area contributed by atoms with E-state index < -0.39 is 6.04 Å². The molecule has 2 atom stereocenters. The molecule has 2 unspecified atom stereocenters. The molecule has 0 aromatic rings. The molecule has 0 bridgehead atoms. The highest BCUT2D eigenvalue weighted by molar-refractivity contribution is 5.89. The van der Waals surface area contributed by atoms with Gasteiger partial charge in [0.25, 0.3) is 0 Å². The molecule has 0 aromatic heterocycles. The Morgan fingerprint density at radius 3 is 2.89 bits per heavy atom. The van der Waals surface area contributed by atoms with Gasteiger partial charge in [-0.05, 0) is 14.0 Å². The molecule has 2 saturated heterocycles. The SMILES string of the molecule is CC1NC(=O)CCN(CC2CN(C)CCO2)C1=O. The van der Waals surface area contributed by atoms with Crippen molar-refractivity contribution in [1.82, 2.24) is 15.1 Å². The molecule has 0 aromatic carbocycles. The zero-order valence-electron chi connectivity index (χ0n) is 11.0. The van der Waals surface area contributed by atoms with Gasteiger partial charge in [-0.2, -0.15) is 0 Å². The number of carbonyl (C=O) groups excluding carboxylic acids is 2. The van der Waals surface area contributed by atoms with Gasteiger partial charge in [0.1, 0.15) is 6.04 Å². The third-order valence-electron chi connectivity index (χ3n) is 3.43. The van der Waals surface area contributed by atoms with Crippen LogP contribution in [0.1, 0.15) is 13.3 Å². The van der Waals surface area contributed by atoms with E-state index in [0.29, 0.717) is 26.1 Å². The van der Waals surface area contributed by atoms with Gasteiger partial charge in [-0.1, -0.05) is 0 Å². The van der Waals surface area contributed by atoms with E-state index in [1.54, 1.807) is 11.8 Å². The highest BCUT2D eigenvalue weighted by Crippen LogP contribution is 2.09. The number of likely N-dealkylation sites (N-methyl/N-ethyl adjacent to an activating group) is 1. The lowest BCUT2D eigenvalue weighted by Gasteiger charge is -2.33. The van der Waals surface area contributed by atoms with Crippen LogP contribution in [-0.4, -0.2) is 73.6 Å². The van der Waals surface area contributed by atoms with Gasteiger partial charge in [0.15, 0.2) is 0 Å². The molecule has 2 aliphatic heterocycles. The van der Waals surface area contributed by atoms with Crippen LogP contribution in [-0.2, 0) is 14.3 Å². The first-order valence-electron chi connectivity index (χ1n) is 6.44. The molecular formula is C12H21N3O3. The molecule has 2 heterocycles. The van der Waals surface area contributed by atoms with Crippen molar-refractivity contribution in [2.24, 2.45) is 0 Å². The molecule has 2 fully saturated rings. The van der Waals surface area contributed by atoms with Crippen LogP contribution in [0.25, 0.3) is 0 Å². The van der Waals surface area contributed by atoms with Crippen LogP contribution in [0.4, 0.5) is 0 Å². The van der Waals surface area contributed by atoms with Crippen molar-refractivity contribution in [3.8, 4) is 0 Å². The summed E-state index contributed by atoms with van der Waals surface area (Å²) in [6, 6.07) is -0.429. The lowest BCUT2D eigenvalue weighted by atomic mass is 10.2. The zero-order chi connectivity index (χ0) is 13.1. The Kier molecular flexibility index (Phi) is 4.19. The Labute approximate surface area is 107 Å². The lowest BCUT2D eigenvalue weighted by Crippen LogP contribution is -2.50. The summed E-state index contributed by atoms with van der Waals surface area (Å²) in [4.78, 5) is 27.4. The molecular weight excluding hydrogens is 234 g/mol. The smallest absolute Gasteiger partial charge is 0.244 e. The summed E-state index contributed by atoms with van der Waals surface area (Å²) in [5.74, 6) is -0.0716. The molecule has 18 heavy (non-hydrogen) atoms. The van der Waals surface area contributed by atoms with Crippen molar-refractivity contribution in [3.63, 3.8) is 0 Å². The Hall–Kier alpha value is -1.14. The van der Waals surface area contributed by atoms with Crippen LogP contribution < -0.4 is 5.32 Å².